The fourth-order valence-electron chi connectivity index (χ4n) is 3.59. The van der Waals surface area contributed by atoms with Crippen molar-refractivity contribution in [1.29, 1.82) is 5.26 Å². The second-order valence-electron chi connectivity index (χ2n) is 8.49. The van der Waals surface area contributed by atoms with Crippen LogP contribution in [0.3, 0.4) is 0 Å². The van der Waals surface area contributed by atoms with Gasteiger partial charge >= 0.3 is 0 Å². The smallest absolute Gasteiger partial charge is 0.225 e. The Morgan fingerprint density at radius 1 is 1.38 bits per heavy atom. The lowest BCUT2D eigenvalue weighted by atomic mass is 9.71. The number of aryl methyl sites for hydroxylation is 1. The second kappa shape index (κ2) is 9.32. The number of rotatable bonds is 5. The number of pyridine rings is 1. The first kappa shape index (κ1) is 21.9. The number of aromatic nitrogens is 1. The molecule has 0 radical (unpaired) electrons. The Morgan fingerprint density at radius 3 is 2.83 bits per heavy atom. The van der Waals surface area contributed by atoms with Crippen LogP contribution < -0.4 is 5.32 Å². The Balaban J connectivity index is 1.62. The monoisotopic (exact) mass is 471 g/mol. The Bertz CT molecular complexity index is 946. The number of fused-ring (bicyclic) bond motifs is 1. The van der Waals surface area contributed by atoms with Gasteiger partial charge in [-0.25, -0.2) is 4.98 Å². The maximum Gasteiger partial charge on any atom is 0.225 e. The Morgan fingerprint density at radius 2 is 2.14 bits per heavy atom. The number of carbonyl (C=O) groups excluding carboxylic acids is 1. The zero-order chi connectivity index (χ0) is 21.0. The summed E-state index contributed by atoms with van der Waals surface area (Å²) >= 11 is 4.92. The standard InChI is InChI=1S/C23H26BrN3OS/c1-23(2,3)17-8-9-19-15(13-17)12-16(14-25)22(27-19)29-11-10-21(28)26-20-7-5-4-6-18(20)24/h4-7,12,17H,8-11,13H2,1-3H3,(H,26,28). The molecule has 1 heterocycles. The van der Waals surface area contributed by atoms with Gasteiger partial charge in [-0.05, 0) is 70.3 Å². The molecule has 1 unspecified atom stereocenters. The van der Waals surface area contributed by atoms with Crippen molar-refractivity contribution >= 4 is 39.3 Å². The van der Waals surface area contributed by atoms with Crippen LogP contribution in [-0.4, -0.2) is 16.6 Å². The molecule has 2 aromatic rings. The molecule has 4 nitrogen and oxygen atoms in total. The predicted octanol–water partition coefficient (Wildman–Crippen LogP) is 5.99. The molecule has 1 aliphatic carbocycles. The number of nitrogens with one attached hydrogen (secondary N) is 1. The fraction of sp³-hybridized carbons (Fsp3) is 0.435. The zero-order valence-corrected chi connectivity index (χ0v) is 19.5. The van der Waals surface area contributed by atoms with Gasteiger partial charge in [-0.15, -0.1) is 11.8 Å². The van der Waals surface area contributed by atoms with E-state index >= 15 is 0 Å². The van der Waals surface area contributed by atoms with Gasteiger partial charge in [0.1, 0.15) is 11.1 Å². The van der Waals surface area contributed by atoms with Gasteiger partial charge in [0.15, 0.2) is 0 Å². The van der Waals surface area contributed by atoms with E-state index in [2.05, 4.69) is 48.1 Å². The van der Waals surface area contributed by atoms with E-state index in [1.54, 1.807) is 0 Å². The summed E-state index contributed by atoms with van der Waals surface area (Å²) in [5, 5.41) is 13.2. The third-order valence-electron chi connectivity index (χ3n) is 5.41. The molecule has 1 aromatic carbocycles. The summed E-state index contributed by atoms with van der Waals surface area (Å²) in [6.45, 7) is 6.85. The van der Waals surface area contributed by atoms with Crippen molar-refractivity contribution in [2.75, 3.05) is 11.1 Å². The maximum absolute atomic E-state index is 12.2. The largest absolute Gasteiger partial charge is 0.325 e. The van der Waals surface area contributed by atoms with E-state index in [1.165, 1.54) is 17.3 Å². The van der Waals surface area contributed by atoms with E-state index in [4.69, 9.17) is 4.98 Å². The van der Waals surface area contributed by atoms with Crippen molar-refractivity contribution in [3.05, 3.63) is 51.6 Å². The van der Waals surface area contributed by atoms with Crippen LogP contribution in [0.25, 0.3) is 0 Å². The minimum atomic E-state index is -0.0473. The highest BCUT2D eigenvalue weighted by Crippen LogP contribution is 2.38. The van der Waals surface area contributed by atoms with Crippen LogP contribution in [0.2, 0.25) is 0 Å². The topological polar surface area (TPSA) is 65.8 Å². The molecule has 1 aliphatic rings. The summed E-state index contributed by atoms with van der Waals surface area (Å²) in [5.74, 6) is 1.15. The fourth-order valence-corrected chi connectivity index (χ4v) is 4.89. The molecule has 1 amide bonds. The number of amides is 1. The lowest BCUT2D eigenvalue weighted by Crippen LogP contribution is -2.27. The molecule has 3 rings (SSSR count). The maximum atomic E-state index is 12.2. The number of benzene rings is 1. The summed E-state index contributed by atoms with van der Waals surface area (Å²) in [7, 11) is 0. The zero-order valence-electron chi connectivity index (χ0n) is 17.1. The first-order valence-corrected chi connectivity index (χ1v) is 11.7. The van der Waals surface area contributed by atoms with Crippen molar-refractivity contribution in [2.24, 2.45) is 11.3 Å². The van der Waals surface area contributed by atoms with Crippen molar-refractivity contribution in [1.82, 2.24) is 4.98 Å². The SMILES string of the molecule is CC(C)(C)C1CCc2nc(SCCC(=O)Nc3ccccc3Br)c(C#N)cc2C1. The molecule has 1 aromatic heterocycles. The molecule has 0 fully saturated rings. The van der Waals surface area contributed by atoms with Crippen LogP contribution in [0.15, 0.2) is 39.8 Å². The number of hydrogen-bond donors (Lipinski definition) is 1. The lowest BCUT2D eigenvalue weighted by molar-refractivity contribution is -0.115. The first-order chi connectivity index (χ1) is 13.8. The van der Waals surface area contributed by atoms with Gasteiger partial charge in [0.2, 0.25) is 5.91 Å². The van der Waals surface area contributed by atoms with Crippen LogP contribution in [0.1, 0.15) is 50.4 Å². The van der Waals surface area contributed by atoms with E-state index in [1.807, 2.05) is 30.3 Å². The Labute approximate surface area is 185 Å². The summed E-state index contributed by atoms with van der Waals surface area (Å²) in [5.41, 5.74) is 3.97. The highest BCUT2D eigenvalue weighted by molar-refractivity contribution is 9.10. The van der Waals surface area contributed by atoms with E-state index < -0.39 is 0 Å². The van der Waals surface area contributed by atoms with Gasteiger partial charge in [-0.2, -0.15) is 5.26 Å². The lowest BCUT2D eigenvalue weighted by Gasteiger charge is -2.34. The van der Waals surface area contributed by atoms with Crippen molar-refractivity contribution in [3.63, 3.8) is 0 Å². The molecular formula is C23H26BrN3OS. The molecule has 0 spiro atoms. The van der Waals surface area contributed by atoms with Crippen LogP contribution in [0.4, 0.5) is 5.69 Å². The van der Waals surface area contributed by atoms with Crippen LogP contribution in [0, 0.1) is 22.7 Å². The number of anilines is 1. The van der Waals surface area contributed by atoms with Crippen molar-refractivity contribution in [2.45, 2.75) is 51.5 Å². The van der Waals surface area contributed by atoms with Gasteiger partial charge in [-0.1, -0.05) is 32.9 Å². The molecule has 0 saturated heterocycles. The third-order valence-corrected chi connectivity index (χ3v) is 7.10. The van der Waals surface area contributed by atoms with Gasteiger partial charge < -0.3 is 5.32 Å². The average molecular weight is 472 g/mol. The molecule has 0 saturated carbocycles. The highest BCUT2D eigenvalue weighted by atomic mass is 79.9. The van der Waals surface area contributed by atoms with E-state index in [-0.39, 0.29) is 11.3 Å². The Kier molecular flexibility index (Phi) is 7.02. The number of carbonyl (C=O) groups is 1. The molecule has 6 heteroatoms. The average Bonchev–Trinajstić information content (AvgIpc) is 2.68. The number of nitrogens with zero attached hydrogens (tertiary/aromatic N) is 2. The highest BCUT2D eigenvalue weighted by Gasteiger charge is 2.30. The van der Waals surface area contributed by atoms with Crippen LogP contribution in [0.5, 0.6) is 0 Å². The minimum Gasteiger partial charge on any atom is -0.325 e. The van der Waals surface area contributed by atoms with Crippen molar-refractivity contribution < 1.29 is 4.79 Å². The summed E-state index contributed by atoms with van der Waals surface area (Å²) in [4.78, 5) is 17.0. The number of para-hydroxylation sites is 1. The summed E-state index contributed by atoms with van der Waals surface area (Å²) in [6.07, 6.45) is 3.44. The molecule has 0 aliphatic heterocycles. The molecule has 1 atom stereocenters. The first-order valence-electron chi connectivity index (χ1n) is 9.88. The van der Waals surface area contributed by atoms with Gasteiger partial charge in [0, 0.05) is 22.3 Å². The minimum absolute atomic E-state index is 0.0473. The number of halogens is 1. The van der Waals surface area contributed by atoms with Crippen LogP contribution in [-0.2, 0) is 17.6 Å². The number of hydrogen-bond acceptors (Lipinski definition) is 4. The number of thioether (sulfide) groups is 1. The summed E-state index contributed by atoms with van der Waals surface area (Å²) in [6, 6.07) is 11.9. The van der Waals surface area contributed by atoms with Crippen LogP contribution >= 0.6 is 27.7 Å². The third kappa shape index (κ3) is 5.61. The van der Waals surface area contributed by atoms with Gasteiger partial charge in [0.25, 0.3) is 0 Å². The van der Waals surface area contributed by atoms with E-state index in [9.17, 15) is 10.1 Å². The molecule has 29 heavy (non-hydrogen) atoms. The molecule has 1 N–H and O–H groups in total. The Hall–Kier alpha value is -1.84. The summed E-state index contributed by atoms with van der Waals surface area (Å²) < 4.78 is 0.859. The van der Waals surface area contributed by atoms with E-state index in [0.717, 1.165) is 40.1 Å². The normalized spacial score (nSPS) is 16.0. The molecule has 0 bridgehead atoms. The van der Waals surface area contributed by atoms with E-state index in [0.29, 0.717) is 23.7 Å². The quantitative estimate of drug-likeness (QED) is 0.543. The predicted molar refractivity (Wildman–Crippen MR) is 122 cm³/mol. The number of nitriles is 1. The van der Waals surface area contributed by atoms with Gasteiger partial charge in [-0.3, -0.25) is 4.79 Å². The molecule has 152 valence electrons. The molecular weight excluding hydrogens is 446 g/mol. The van der Waals surface area contributed by atoms with Gasteiger partial charge in [0.05, 0.1) is 11.3 Å². The van der Waals surface area contributed by atoms with Crippen molar-refractivity contribution in [3.8, 4) is 6.07 Å². The second-order valence-corrected chi connectivity index (χ2v) is 10.4.